The minimum atomic E-state index is -0.836. The number of benzene rings is 2. The second kappa shape index (κ2) is 9.06. The number of esters is 1. The number of methoxy groups -OCH3 is 1. The van der Waals surface area contributed by atoms with E-state index in [0.717, 1.165) is 17.7 Å². The number of ether oxygens (including phenoxy) is 4. The number of carbonyl (C=O) groups is 2. The number of allylic oxidation sites excluding steroid dienone is 2. The zero-order valence-corrected chi connectivity index (χ0v) is 19.4. The number of hydrogen-bond acceptors (Lipinski definition) is 7. The van der Waals surface area contributed by atoms with Gasteiger partial charge in [-0.1, -0.05) is 30.3 Å². The topological polar surface area (TPSA) is 83.1 Å². The Kier molecular flexibility index (Phi) is 5.96. The van der Waals surface area contributed by atoms with Gasteiger partial charge in [0.05, 0.1) is 7.11 Å². The van der Waals surface area contributed by atoms with E-state index >= 15 is 0 Å². The number of hydrogen-bond donors (Lipinski definition) is 1. The van der Waals surface area contributed by atoms with Crippen molar-refractivity contribution in [3.63, 3.8) is 0 Å². The molecule has 2 heterocycles. The molecule has 0 bridgehead atoms. The van der Waals surface area contributed by atoms with Gasteiger partial charge in [-0.3, -0.25) is 9.59 Å². The molecule has 2 aliphatic heterocycles. The number of carbonyl (C=O) groups excluding carboxylic acids is 2. The van der Waals surface area contributed by atoms with Gasteiger partial charge >= 0.3 is 5.97 Å². The molecule has 5 rings (SSSR count). The molecule has 2 aromatic rings. The van der Waals surface area contributed by atoms with Gasteiger partial charge in [0.15, 0.2) is 17.3 Å². The van der Waals surface area contributed by atoms with E-state index in [-0.39, 0.29) is 19.2 Å². The van der Waals surface area contributed by atoms with E-state index in [0.29, 0.717) is 51.9 Å². The number of rotatable bonds is 5. The maximum Gasteiger partial charge on any atom is 0.316 e. The fraction of sp³-hybridized carbons (Fsp3) is 0.308. The second-order valence-electron chi connectivity index (χ2n) is 8.46. The van der Waals surface area contributed by atoms with Crippen LogP contribution in [-0.4, -0.2) is 25.7 Å². The maximum atomic E-state index is 13.4. The van der Waals surface area contributed by atoms with Crippen molar-refractivity contribution >= 4 is 23.4 Å². The van der Waals surface area contributed by atoms with Gasteiger partial charge in [0.2, 0.25) is 6.79 Å². The fourth-order valence-corrected chi connectivity index (χ4v) is 5.02. The van der Waals surface area contributed by atoms with Crippen LogP contribution < -0.4 is 19.5 Å². The Morgan fingerprint density at radius 1 is 1.18 bits per heavy atom. The van der Waals surface area contributed by atoms with Crippen LogP contribution in [0.4, 0.5) is 0 Å². The van der Waals surface area contributed by atoms with E-state index in [9.17, 15) is 9.59 Å². The predicted molar refractivity (Wildman–Crippen MR) is 125 cm³/mol. The zero-order valence-electron chi connectivity index (χ0n) is 18.7. The molecule has 2 atom stereocenters. The Morgan fingerprint density at radius 2 is 1.91 bits per heavy atom. The van der Waals surface area contributed by atoms with Gasteiger partial charge in [0, 0.05) is 40.4 Å². The smallest absolute Gasteiger partial charge is 0.316 e. The third kappa shape index (κ3) is 4.01. The molecular weight excluding hydrogens is 458 g/mol. The van der Waals surface area contributed by atoms with Crippen molar-refractivity contribution in [3.8, 4) is 17.2 Å². The first-order valence-corrected chi connectivity index (χ1v) is 11.4. The molecule has 3 aliphatic rings. The van der Waals surface area contributed by atoms with Gasteiger partial charge < -0.3 is 24.3 Å². The molecule has 176 valence electrons. The second-order valence-corrected chi connectivity index (χ2v) is 8.86. The molecule has 1 N–H and O–H groups in total. The van der Waals surface area contributed by atoms with Crippen LogP contribution in [0.2, 0.25) is 5.02 Å². The quantitative estimate of drug-likeness (QED) is 0.622. The first-order valence-electron chi connectivity index (χ1n) is 11.1. The van der Waals surface area contributed by atoms with Crippen molar-refractivity contribution in [3.05, 3.63) is 76.1 Å². The van der Waals surface area contributed by atoms with E-state index in [1.807, 2.05) is 12.1 Å². The SMILES string of the molecule is C=C1NC2=C(C(=O)CCC2)C(c2cc3c(cc2Cl)OCO3)C1C(=O)OCc1ccc(OC)cc1. The number of nitrogens with one attached hydrogen (secondary N) is 1. The summed E-state index contributed by atoms with van der Waals surface area (Å²) in [6.07, 6.45) is 1.86. The molecule has 0 radical (unpaired) electrons. The summed E-state index contributed by atoms with van der Waals surface area (Å²) < 4.78 is 21.9. The molecule has 0 amide bonds. The number of fused-ring (bicyclic) bond motifs is 1. The van der Waals surface area contributed by atoms with Crippen molar-refractivity contribution < 1.29 is 28.5 Å². The summed E-state index contributed by atoms with van der Waals surface area (Å²) in [5, 5.41) is 3.60. The van der Waals surface area contributed by atoms with Gasteiger partial charge in [-0.25, -0.2) is 0 Å². The molecule has 7 nitrogen and oxygen atoms in total. The normalized spacial score (nSPS) is 21.1. The summed E-state index contributed by atoms with van der Waals surface area (Å²) in [4.78, 5) is 26.5. The van der Waals surface area contributed by atoms with Gasteiger partial charge in [-0.05, 0) is 42.2 Å². The molecule has 0 saturated carbocycles. The summed E-state index contributed by atoms with van der Waals surface area (Å²) in [5.74, 6) is -0.194. The number of halogens is 1. The lowest BCUT2D eigenvalue weighted by molar-refractivity contribution is -0.149. The van der Waals surface area contributed by atoms with E-state index < -0.39 is 17.8 Å². The van der Waals surface area contributed by atoms with Crippen LogP contribution in [0.15, 0.2) is 59.9 Å². The number of Topliss-reactive ketones (excluding diaryl/α,β-unsaturated/α-hetero) is 1. The summed E-state index contributed by atoms with van der Waals surface area (Å²) in [5.41, 5.74) is 3.26. The van der Waals surface area contributed by atoms with Crippen molar-refractivity contribution in [2.24, 2.45) is 5.92 Å². The van der Waals surface area contributed by atoms with E-state index in [1.165, 1.54) is 0 Å². The van der Waals surface area contributed by atoms with Crippen LogP contribution in [0.25, 0.3) is 0 Å². The summed E-state index contributed by atoms with van der Waals surface area (Å²) in [6.45, 7) is 4.28. The van der Waals surface area contributed by atoms with E-state index in [4.69, 9.17) is 30.5 Å². The molecule has 0 fully saturated rings. The van der Waals surface area contributed by atoms with Crippen molar-refractivity contribution in [2.45, 2.75) is 31.8 Å². The first kappa shape index (κ1) is 22.3. The van der Waals surface area contributed by atoms with Crippen LogP contribution in [0.1, 0.15) is 36.3 Å². The average Bonchev–Trinajstić information content (AvgIpc) is 3.29. The van der Waals surface area contributed by atoms with Crippen LogP contribution in [0, 0.1) is 5.92 Å². The van der Waals surface area contributed by atoms with Gasteiger partial charge in [-0.2, -0.15) is 0 Å². The van der Waals surface area contributed by atoms with E-state index in [2.05, 4.69) is 11.9 Å². The van der Waals surface area contributed by atoms with Gasteiger partial charge in [0.1, 0.15) is 18.3 Å². The molecule has 1 aliphatic carbocycles. The molecule has 0 aromatic heterocycles. The Balaban J connectivity index is 1.50. The van der Waals surface area contributed by atoms with Crippen LogP contribution >= 0.6 is 11.6 Å². The fourth-order valence-electron chi connectivity index (χ4n) is 4.74. The molecule has 34 heavy (non-hydrogen) atoms. The largest absolute Gasteiger partial charge is 0.497 e. The van der Waals surface area contributed by atoms with Crippen LogP contribution in [0.5, 0.6) is 17.2 Å². The minimum Gasteiger partial charge on any atom is -0.497 e. The van der Waals surface area contributed by atoms with Gasteiger partial charge in [0.25, 0.3) is 0 Å². The van der Waals surface area contributed by atoms with Crippen molar-refractivity contribution in [1.82, 2.24) is 5.32 Å². The zero-order chi connectivity index (χ0) is 23.8. The first-order chi connectivity index (χ1) is 16.5. The lowest BCUT2D eigenvalue weighted by Crippen LogP contribution is -2.41. The molecule has 2 aromatic carbocycles. The van der Waals surface area contributed by atoms with Crippen molar-refractivity contribution in [2.75, 3.05) is 13.9 Å². The molecule has 0 spiro atoms. The Morgan fingerprint density at radius 3 is 2.65 bits per heavy atom. The van der Waals surface area contributed by atoms with Gasteiger partial charge in [-0.15, -0.1) is 0 Å². The highest BCUT2D eigenvalue weighted by atomic mass is 35.5. The highest BCUT2D eigenvalue weighted by Gasteiger charge is 2.45. The predicted octanol–water partition coefficient (Wildman–Crippen LogP) is 4.64. The minimum absolute atomic E-state index is 0.00654. The summed E-state index contributed by atoms with van der Waals surface area (Å²) >= 11 is 6.66. The molecule has 2 unspecified atom stereocenters. The third-order valence-electron chi connectivity index (χ3n) is 6.41. The Bertz CT molecular complexity index is 1200. The van der Waals surface area contributed by atoms with Crippen LogP contribution in [0.3, 0.4) is 0 Å². The Labute approximate surface area is 202 Å². The monoisotopic (exact) mass is 481 g/mol. The molecule has 8 heteroatoms. The van der Waals surface area contributed by atoms with Crippen molar-refractivity contribution in [1.29, 1.82) is 0 Å². The summed E-state index contributed by atoms with van der Waals surface area (Å²) in [6, 6.07) is 10.7. The molecule has 0 saturated heterocycles. The van der Waals surface area contributed by atoms with E-state index in [1.54, 1.807) is 31.4 Å². The number of ketones is 1. The highest BCUT2D eigenvalue weighted by Crippen LogP contribution is 2.49. The maximum absolute atomic E-state index is 13.4. The van der Waals surface area contributed by atoms with Crippen LogP contribution in [-0.2, 0) is 20.9 Å². The standard InChI is InChI=1S/C26H24ClNO6/c1-14-23(26(30)32-12-15-6-8-16(31-2)9-7-15)24(25-19(28-14)4-3-5-20(25)29)17-10-21-22(11-18(17)27)34-13-33-21/h6-11,23-24,28H,1,3-5,12-13H2,2H3. The lowest BCUT2D eigenvalue weighted by Gasteiger charge is -2.38. The summed E-state index contributed by atoms with van der Waals surface area (Å²) in [7, 11) is 1.59. The Hall–Kier alpha value is -3.45. The average molecular weight is 482 g/mol. The highest BCUT2D eigenvalue weighted by molar-refractivity contribution is 6.31. The lowest BCUT2D eigenvalue weighted by atomic mass is 9.71. The third-order valence-corrected chi connectivity index (χ3v) is 6.74. The molecular formula is C26H24ClNO6.